The van der Waals surface area contributed by atoms with E-state index in [0.717, 1.165) is 17.1 Å². The third-order valence-electron chi connectivity index (χ3n) is 5.53. The van der Waals surface area contributed by atoms with Gasteiger partial charge >= 0.3 is 0 Å². The second kappa shape index (κ2) is 9.87. The van der Waals surface area contributed by atoms with Gasteiger partial charge in [0.2, 0.25) is 0 Å². The molecule has 1 unspecified atom stereocenters. The minimum Gasteiger partial charge on any atom is -0.462 e. The Hall–Kier alpha value is -4.00. The number of ether oxygens (including phenoxy) is 1. The van der Waals surface area contributed by atoms with E-state index in [-0.39, 0.29) is 28.9 Å². The summed E-state index contributed by atoms with van der Waals surface area (Å²) in [4.78, 5) is 10.3. The van der Waals surface area contributed by atoms with Gasteiger partial charge in [-0.25, -0.2) is 18.2 Å². The number of benzene rings is 2. The number of hydrogen-bond donors (Lipinski definition) is 2. The molecule has 4 rings (SSSR count). The van der Waals surface area contributed by atoms with Crippen LogP contribution in [-0.4, -0.2) is 15.0 Å². The van der Waals surface area contributed by atoms with Crippen molar-refractivity contribution in [3.05, 3.63) is 106 Å². The molecule has 0 amide bonds. The lowest BCUT2D eigenvalue weighted by Crippen LogP contribution is -2.23. The zero-order valence-electron chi connectivity index (χ0n) is 19.0. The molecule has 0 radical (unpaired) electrons. The van der Waals surface area contributed by atoms with E-state index >= 15 is 0 Å². The van der Waals surface area contributed by atoms with Gasteiger partial charge in [0.05, 0.1) is 5.56 Å². The summed E-state index contributed by atoms with van der Waals surface area (Å²) in [6, 6.07) is 12.4. The highest BCUT2D eigenvalue weighted by molar-refractivity contribution is 5.59. The van der Waals surface area contributed by atoms with Gasteiger partial charge < -0.3 is 14.7 Å². The molecule has 4 aromatic rings. The molecule has 0 fully saturated rings. The SMILES string of the molecule is CC(C)=c1cc[nH]/c1=C/C(F)=C/Oc1ccc(F)c(-c2ncc(C(C)c3ccccc3F)[nH]2)c1. The molecule has 4 nitrogen and oxygen atoms in total. The molecule has 2 aromatic carbocycles. The maximum atomic E-state index is 14.5. The highest BCUT2D eigenvalue weighted by atomic mass is 19.1. The molecule has 2 N–H and O–H groups in total. The first kappa shape index (κ1) is 23.2. The van der Waals surface area contributed by atoms with Gasteiger partial charge in [-0.2, -0.15) is 0 Å². The Kier molecular flexibility index (Phi) is 6.72. The monoisotopic (exact) mass is 463 g/mol. The topological polar surface area (TPSA) is 53.7 Å². The molecule has 1 atom stereocenters. The summed E-state index contributed by atoms with van der Waals surface area (Å²) in [5.74, 6) is -1.24. The molecule has 2 aromatic heterocycles. The molecular formula is C27H24F3N3O. The Morgan fingerprint density at radius 1 is 1.06 bits per heavy atom. The van der Waals surface area contributed by atoms with Gasteiger partial charge in [-0.05, 0) is 55.0 Å². The van der Waals surface area contributed by atoms with Crippen LogP contribution in [0, 0.1) is 11.6 Å². The second-order valence-electron chi connectivity index (χ2n) is 8.14. The van der Waals surface area contributed by atoms with Gasteiger partial charge in [0, 0.05) is 35.4 Å². The van der Waals surface area contributed by atoms with Gasteiger partial charge in [0.25, 0.3) is 0 Å². The van der Waals surface area contributed by atoms with Crippen LogP contribution in [0.5, 0.6) is 5.75 Å². The average molecular weight is 464 g/mol. The molecule has 174 valence electrons. The Morgan fingerprint density at radius 3 is 2.62 bits per heavy atom. The lowest BCUT2D eigenvalue weighted by molar-refractivity contribution is 0.457. The highest BCUT2D eigenvalue weighted by Crippen LogP contribution is 2.29. The van der Waals surface area contributed by atoms with E-state index in [1.54, 1.807) is 30.6 Å². The standard InChI is InChI=1S/C27H24F3N3O/c1-16(2)20-10-11-31-25(20)12-18(28)15-34-19-8-9-24(30)22(13-19)27-32-14-26(33-27)17(3)21-6-4-5-7-23(21)29/h4-15,17,31H,1-3H3,(H,32,33)/b18-15-,25-12+. The molecule has 0 aliphatic heterocycles. The number of aromatic nitrogens is 3. The number of H-pyrrole nitrogens is 2. The van der Waals surface area contributed by atoms with E-state index < -0.39 is 11.6 Å². The molecule has 0 aliphatic carbocycles. The van der Waals surface area contributed by atoms with Crippen LogP contribution in [0.1, 0.15) is 37.9 Å². The molecule has 0 spiro atoms. The predicted molar refractivity (Wildman–Crippen MR) is 127 cm³/mol. The van der Waals surface area contributed by atoms with Gasteiger partial charge in [-0.3, -0.25) is 0 Å². The number of nitrogens with zero attached hydrogens (tertiary/aromatic N) is 1. The minimum atomic E-state index is -0.602. The highest BCUT2D eigenvalue weighted by Gasteiger charge is 2.17. The van der Waals surface area contributed by atoms with Crippen molar-refractivity contribution < 1.29 is 17.9 Å². The summed E-state index contributed by atoms with van der Waals surface area (Å²) < 4.78 is 48.5. The van der Waals surface area contributed by atoms with Gasteiger partial charge in [-0.1, -0.05) is 30.7 Å². The first-order valence-electron chi connectivity index (χ1n) is 10.8. The van der Waals surface area contributed by atoms with Crippen LogP contribution in [-0.2, 0) is 0 Å². The van der Waals surface area contributed by atoms with Crippen molar-refractivity contribution in [3.63, 3.8) is 0 Å². The molecular weight excluding hydrogens is 439 g/mol. The van der Waals surface area contributed by atoms with Crippen LogP contribution in [0.4, 0.5) is 13.2 Å². The number of hydrogen-bond acceptors (Lipinski definition) is 2. The van der Waals surface area contributed by atoms with Crippen LogP contribution >= 0.6 is 0 Å². The Morgan fingerprint density at radius 2 is 1.85 bits per heavy atom. The largest absolute Gasteiger partial charge is 0.462 e. The third kappa shape index (κ3) is 4.98. The quantitative estimate of drug-likeness (QED) is 0.361. The molecule has 0 bridgehead atoms. The van der Waals surface area contributed by atoms with Crippen LogP contribution in [0.2, 0.25) is 0 Å². The van der Waals surface area contributed by atoms with E-state index in [1.807, 2.05) is 26.8 Å². The smallest absolute Gasteiger partial charge is 0.160 e. The van der Waals surface area contributed by atoms with Crippen molar-refractivity contribution in [2.24, 2.45) is 0 Å². The summed E-state index contributed by atoms with van der Waals surface area (Å²) in [5.41, 5.74) is 2.35. The first-order chi connectivity index (χ1) is 16.3. The van der Waals surface area contributed by atoms with Crippen LogP contribution in [0.3, 0.4) is 0 Å². The normalized spacial score (nSPS) is 13.2. The zero-order chi connectivity index (χ0) is 24.2. The second-order valence-corrected chi connectivity index (χ2v) is 8.14. The molecule has 7 heteroatoms. The fourth-order valence-electron chi connectivity index (χ4n) is 3.68. The number of allylic oxidation sites excluding steroid dienone is 1. The fraction of sp³-hybridized carbons (Fsp3) is 0.148. The van der Waals surface area contributed by atoms with E-state index in [4.69, 9.17) is 4.74 Å². The summed E-state index contributed by atoms with van der Waals surface area (Å²) in [5, 5.41) is 1.54. The van der Waals surface area contributed by atoms with Crippen LogP contribution in [0.25, 0.3) is 23.0 Å². The van der Waals surface area contributed by atoms with Crippen molar-refractivity contribution in [2.45, 2.75) is 26.7 Å². The zero-order valence-corrected chi connectivity index (χ0v) is 19.0. The lowest BCUT2D eigenvalue weighted by Gasteiger charge is -2.10. The molecule has 0 aliphatic rings. The van der Waals surface area contributed by atoms with Crippen molar-refractivity contribution >= 4 is 11.6 Å². The Balaban J connectivity index is 1.58. The summed E-state index contributed by atoms with van der Waals surface area (Å²) in [6.45, 7) is 5.72. The number of halogens is 3. The van der Waals surface area contributed by atoms with E-state index in [2.05, 4.69) is 15.0 Å². The minimum absolute atomic E-state index is 0.158. The van der Waals surface area contributed by atoms with Gasteiger partial charge in [0.15, 0.2) is 5.83 Å². The first-order valence-corrected chi connectivity index (χ1v) is 10.8. The molecule has 34 heavy (non-hydrogen) atoms. The lowest BCUT2D eigenvalue weighted by atomic mass is 9.98. The van der Waals surface area contributed by atoms with Crippen molar-refractivity contribution in [1.82, 2.24) is 15.0 Å². The summed E-state index contributed by atoms with van der Waals surface area (Å²) in [6.07, 6.45) is 5.57. The summed E-state index contributed by atoms with van der Waals surface area (Å²) in [7, 11) is 0. The van der Waals surface area contributed by atoms with Crippen molar-refractivity contribution in [1.29, 1.82) is 0 Å². The number of imidazole rings is 1. The maximum absolute atomic E-state index is 14.5. The van der Waals surface area contributed by atoms with E-state index in [9.17, 15) is 13.2 Å². The number of aromatic amines is 2. The van der Waals surface area contributed by atoms with Crippen LogP contribution < -0.4 is 15.3 Å². The van der Waals surface area contributed by atoms with E-state index in [1.165, 1.54) is 30.3 Å². The Bertz CT molecular complexity index is 1460. The van der Waals surface area contributed by atoms with Crippen molar-refractivity contribution in [3.8, 4) is 17.1 Å². The molecule has 0 saturated carbocycles. The van der Waals surface area contributed by atoms with Crippen molar-refractivity contribution in [2.75, 3.05) is 0 Å². The maximum Gasteiger partial charge on any atom is 0.160 e. The average Bonchev–Trinajstić information content (AvgIpc) is 3.48. The Labute approximate surface area is 195 Å². The van der Waals surface area contributed by atoms with Gasteiger partial charge in [0.1, 0.15) is 29.5 Å². The van der Waals surface area contributed by atoms with E-state index in [0.29, 0.717) is 16.6 Å². The number of nitrogens with one attached hydrogen (secondary N) is 2. The number of rotatable bonds is 6. The van der Waals surface area contributed by atoms with Gasteiger partial charge in [-0.15, -0.1) is 0 Å². The fourth-order valence-corrected chi connectivity index (χ4v) is 3.68. The molecule has 0 saturated heterocycles. The molecule has 2 heterocycles. The predicted octanol–water partition coefficient (Wildman–Crippen LogP) is 5.70. The summed E-state index contributed by atoms with van der Waals surface area (Å²) >= 11 is 0. The van der Waals surface area contributed by atoms with Crippen LogP contribution in [0.15, 0.2) is 73.0 Å². The third-order valence-corrected chi connectivity index (χ3v) is 5.53.